The lowest BCUT2D eigenvalue weighted by molar-refractivity contribution is -0.137. The number of pyridine rings is 1. The number of nitrogens with zero attached hydrogens (tertiary/aromatic N) is 3. The van der Waals surface area contributed by atoms with E-state index in [4.69, 9.17) is 17.3 Å². The van der Waals surface area contributed by atoms with E-state index in [2.05, 4.69) is 15.4 Å². The Bertz CT molecular complexity index is 878. The summed E-state index contributed by atoms with van der Waals surface area (Å²) in [5.74, 6) is -0.662. The van der Waals surface area contributed by atoms with E-state index in [1.807, 2.05) is 0 Å². The summed E-state index contributed by atoms with van der Waals surface area (Å²) in [6, 6.07) is 1.79. The number of nitrogens with one attached hydrogen (secondary N) is 1. The van der Waals surface area contributed by atoms with Gasteiger partial charge in [-0.3, -0.25) is 9.59 Å². The van der Waals surface area contributed by atoms with Gasteiger partial charge in [-0.1, -0.05) is 11.6 Å². The van der Waals surface area contributed by atoms with E-state index in [-0.39, 0.29) is 23.1 Å². The zero-order valence-electron chi connectivity index (χ0n) is 13.8. The Hall–Kier alpha value is -2.62. The zero-order valence-corrected chi connectivity index (χ0v) is 14.5. The van der Waals surface area contributed by atoms with Crippen LogP contribution in [0.2, 0.25) is 5.02 Å². The van der Waals surface area contributed by atoms with Crippen LogP contribution in [-0.2, 0) is 11.0 Å². The molecule has 0 saturated carbocycles. The molecule has 2 aromatic rings. The first-order valence-corrected chi connectivity index (χ1v) is 7.66. The monoisotopic (exact) mass is 389 g/mol. The fourth-order valence-electron chi connectivity index (χ4n) is 1.80. The van der Waals surface area contributed by atoms with Gasteiger partial charge in [0.2, 0.25) is 5.91 Å². The number of amides is 1. The van der Waals surface area contributed by atoms with Crippen molar-refractivity contribution in [2.45, 2.75) is 20.0 Å². The number of rotatable bonds is 5. The Morgan fingerprint density at radius 3 is 2.46 bits per heavy atom. The van der Waals surface area contributed by atoms with Gasteiger partial charge in [0.1, 0.15) is 5.02 Å². The maximum absolute atomic E-state index is 12.6. The first-order valence-electron chi connectivity index (χ1n) is 7.29. The van der Waals surface area contributed by atoms with Crippen molar-refractivity contribution in [1.29, 1.82) is 0 Å². The molecule has 140 valence electrons. The summed E-state index contributed by atoms with van der Waals surface area (Å²) in [5, 5.41) is 6.40. The highest BCUT2D eigenvalue weighted by Crippen LogP contribution is 2.28. The predicted octanol–water partition coefficient (Wildman–Crippen LogP) is 2.22. The van der Waals surface area contributed by atoms with Gasteiger partial charge in [0.15, 0.2) is 5.82 Å². The molecule has 0 spiro atoms. The average Bonchev–Trinajstić information content (AvgIpc) is 2.55. The summed E-state index contributed by atoms with van der Waals surface area (Å²) in [6.45, 7) is 3.32. The number of halogens is 4. The lowest BCUT2D eigenvalue weighted by Gasteiger charge is -2.21. The van der Waals surface area contributed by atoms with E-state index in [1.165, 1.54) is 6.20 Å². The molecule has 0 aliphatic carbocycles. The molecular formula is C15H15ClF3N5O2. The van der Waals surface area contributed by atoms with Crippen molar-refractivity contribution in [1.82, 2.24) is 14.8 Å². The summed E-state index contributed by atoms with van der Waals surface area (Å²) in [4.78, 5) is 27.2. The molecule has 0 bridgehead atoms. The number of hydrogen-bond donors (Lipinski definition) is 2. The first kappa shape index (κ1) is 19.7. The minimum absolute atomic E-state index is 0.103. The van der Waals surface area contributed by atoms with Crippen LogP contribution in [0.15, 0.2) is 29.3 Å². The Kier molecular flexibility index (Phi) is 5.26. The molecule has 0 atom stereocenters. The Morgan fingerprint density at radius 2 is 1.96 bits per heavy atom. The van der Waals surface area contributed by atoms with Gasteiger partial charge in [0, 0.05) is 12.7 Å². The second kappa shape index (κ2) is 6.94. The molecule has 0 saturated heterocycles. The van der Waals surface area contributed by atoms with Crippen molar-refractivity contribution >= 4 is 23.2 Å². The van der Waals surface area contributed by atoms with E-state index < -0.39 is 28.6 Å². The van der Waals surface area contributed by atoms with Crippen LogP contribution in [0.5, 0.6) is 0 Å². The molecule has 2 aromatic heterocycles. The van der Waals surface area contributed by atoms with E-state index in [0.29, 0.717) is 6.20 Å². The lowest BCUT2D eigenvalue weighted by Crippen LogP contribution is -2.37. The Balaban J connectivity index is 2.30. The minimum atomic E-state index is -4.54. The molecule has 0 radical (unpaired) electrons. The second-order valence-corrected chi connectivity index (χ2v) is 6.47. The molecule has 7 nitrogen and oxygen atoms in total. The van der Waals surface area contributed by atoms with Crippen LogP contribution in [0, 0.1) is 5.41 Å². The van der Waals surface area contributed by atoms with Gasteiger partial charge in [-0.15, -0.1) is 0 Å². The smallest absolute Gasteiger partial charge is 0.381 e. The van der Waals surface area contributed by atoms with E-state index in [0.717, 1.165) is 16.8 Å². The normalized spacial score (nSPS) is 12.1. The number of nitrogens with two attached hydrogens (primary N) is 1. The average molecular weight is 390 g/mol. The van der Waals surface area contributed by atoms with E-state index >= 15 is 0 Å². The SMILES string of the molecule is CC(C)(CNc1cnn(-c2ccc(C(F)(F)F)cn2)c(=O)c1Cl)C(N)=O. The topological polar surface area (TPSA) is 103 Å². The van der Waals surface area contributed by atoms with Crippen LogP contribution in [0.25, 0.3) is 5.82 Å². The van der Waals surface area contributed by atoms with Crippen molar-refractivity contribution < 1.29 is 18.0 Å². The Morgan fingerprint density at radius 1 is 1.31 bits per heavy atom. The number of carbonyl (C=O) groups excluding carboxylic acids is 1. The van der Waals surface area contributed by atoms with Crippen LogP contribution in [0.3, 0.4) is 0 Å². The van der Waals surface area contributed by atoms with Crippen molar-refractivity contribution in [2.75, 3.05) is 11.9 Å². The number of anilines is 1. The number of primary amides is 1. The highest BCUT2D eigenvalue weighted by Gasteiger charge is 2.31. The number of aromatic nitrogens is 3. The maximum Gasteiger partial charge on any atom is 0.417 e. The largest absolute Gasteiger partial charge is 0.417 e. The maximum atomic E-state index is 12.6. The molecule has 0 aromatic carbocycles. The molecule has 1 amide bonds. The van der Waals surface area contributed by atoms with Crippen LogP contribution < -0.4 is 16.6 Å². The van der Waals surface area contributed by atoms with Crippen molar-refractivity contribution in [2.24, 2.45) is 11.1 Å². The molecule has 0 fully saturated rings. The van der Waals surface area contributed by atoms with Gasteiger partial charge >= 0.3 is 6.18 Å². The van der Waals surface area contributed by atoms with Crippen molar-refractivity contribution in [3.05, 3.63) is 45.5 Å². The molecule has 0 aliphatic heterocycles. The molecule has 3 N–H and O–H groups in total. The lowest BCUT2D eigenvalue weighted by atomic mass is 9.93. The molecule has 2 rings (SSSR count). The predicted molar refractivity (Wildman–Crippen MR) is 89.1 cm³/mol. The van der Waals surface area contributed by atoms with Gasteiger partial charge in [-0.05, 0) is 26.0 Å². The van der Waals surface area contributed by atoms with Gasteiger partial charge in [0.25, 0.3) is 5.56 Å². The standard InChI is InChI=1S/C15H15ClF3N5O2/c1-14(2,13(20)26)7-22-9-6-23-24(12(25)11(9)16)10-4-3-8(5-21-10)15(17,18)19/h3-6,22H,7H2,1-2H3,(H2,20,26). The highest BCUT2D eigenvalue weighted by molar-refractivity contribution is 6.32. The van der Waals surface area contributed by atoms with Crippen LogP contribution in [0.4, 0.5) is 18.9 Å². The highest BCUT2D eigenvalue weighted by atomic mass is 35.5. The van der Waals surface area contributed by atoms with Crippen LogP contribution in [-0.4, -0.2) is 27.2 Å². The van der Waals surface area contributed by atoms with Gasteiger partial charge in [0.05, 0.1) is 22.9 Å². The fraction of sp³-hybridized carbons (Fsp3) is 0.333. The third-order valence-electron chi connectivity index (χ3n) is 3.60. The molecule has 0 aliphatic rings. The molecule has 0 unspecified atom stereocenters. The van der Waals surface area contributed by atoms with Crippen molar-refractivity contribution in [3.8, 4) is 5.82 Å². The third kappa shape index (κ3) is 4.13. The summed E-state index contributed by atoms with van der Waals surface area (Å²) in [6.07, 6.45) is -2.73. The zero-order chi connectivity index (χ0) is 19.7. The van der Waals surface area contributed by atoms with Gasteiger partial charge in [-0.25, -0.2) is 4.98 Å². The van der Waals surface area contributed by atoms with E-state index in [1.54, 1.807) is 13.8 Å². The summed E-state index contributed by atoms with van der Waals surface area (Å²) >= 11 is 6.00. The number of alkyl halides is 3. The molecule has 26 heavy (non-hydrogen) atoms. The van der Waals surface area contributed by atoms with Crippen LogP contribution >= 0.6 is 11.6 Å². The summed E-state index contributed by atoms with van der Waals surface area (Å²) < 4.78 is 38.5. The number of carbonyl (C=O) groups is 1. The summed E-state index contributed by atoms with van der Waals surface area (Å²) in [7, 11) is 0. The summed E-state index contributed by atoms with van der Waals surface area (Å²) in [5.41, 5.74) is 2.80. The van der Waals surface area contributed by atoms with Crippen molar-refractivity contribution in [3.63, 3.8) is 0 Å². The second-order valence-electron chi connectivity index (χ2n) is 6.09. The van der Waals surface area contributed by atoms with Gasteiger partial charge in [-0.2, -0.15) is 23.0 Å². The molecule has 2 heterocycles. The quantitative estimate of drug-likeness (QED) is 0.816. The van der Waals surface area contributed by atoms with Crippen LogP contribution in [0.1, 0.15) is 19.4 Å². The first-order chi connectivity index (χ1) is 11.9. The van der Waals surface area contributed by atoms with E-state index in [9.17, 15) is 22.8 Å². The minimum Gasteiger partial charge on any atom is -0.381 e. The number of hydrogen-bond acceptors (Lipinski definition) is 5. The third-order valence-corrected chi connectivity index (χ3v) is 3.96. The molecular weight excluding hydrogens is 375 g/mol. The van der Waals surface area contributed by atoms with Gasteiger partial charge < -0.3 is 11.1 Å². The Labute approximate surface area is 151 Å². The fourth-order valence-corrected chi connectivity index (χ4v) is 2.00. The molecule has 11 heteroatoms.